The van der Waals surface area contributed by atoms with Crippen LogP contribution in [-0.4, -0.2) is 45.2 Å². The molecule has 0 fully saturated rings. The topological polar surface area (TPSA) is 32.5 Å². The molecule has 4 heteroatoms. The Bertz CT molecular complexity index is 391. The molecule has 0 heterocycles. The first kappa shape index (κ1) is 15.9. The molecule has 0 aliphatic carbocycles. The molecule has 0 bridgehead atoms. The lowest BCUT2D eigenvalue weighted by Gasteiger charge is -2.21. The molecule has 0 saturated heterocycles. The molecule has 1 aromatic carbocycles. The van der Waals surface area contributed by atoms with Gasteiger partial charge in [-0.1, -0.05) is 6.07 Å². The van der Waals surface area contributed by atoms with Crippen LogP contribution in [0, 0.1) is 5.82 Å². The number of nitrogens with two attached hydrogens (primary N) is 1. The van der Waals surface area contributed by atoms with Crippen LogP contribution in [0.3, 0.4) is 0 Å². The maximum atomic E-state index is 14.0. The molecular weight excluding hydrogens is 241 g/mol. The van der Waals surface area contributed by atoms with E-state index in [-0.39, 0.29) is 11.9 Å². The van der Waals surface area contributed by atoms with Gasteiger partial charge in [0.1, 0.15) is 5.82 Å². The molecule has 0 amide bonds. The lowest BCUT2D eigenvalue weighted by molar-refractivity contribution is 0.401. The van der Waals surface area contributed by atoms with Crippen molar-refractivity contribution in [1.29, 1.82) is 0 Å². The van der Waals surface area contributed by atoms with Crippen LogP contribution in [0.2, 0.25) is 0 Å². The van der Waals surface area contributed by atoms with Crippen molar-refractivity contribution in [1.82, 2.24) is 4.90 Å². The fourth-order valence-corrected chi connectivity index (χ4v) is 2.10. The summed E-state index contributed by atoms with van der Waals surface area (Å²) in [7, 11) is 6.02. The van der Waals surface area contributed by atoms with Crippen molar-refractivity contribution >= 4 is 5.69 Å². The van der Waals surface area contributed by atoms with Gasteiger partial charge < -0.3 is 15.5 Å². The van der Waals surface area contributed by atoms with Gasteiger partial charge in [0.25, 0.3) is 0 Å². The van der Waals surface area contributed by atoms with Crippen molar-refractivity contribution in [2.45, 2.75) is 25.8 Å². The molecule has 0 aromatic heterocycles. The van der Waals surface area contributed by atoms with E-state index in [4.69, 9.17) is 5.73 Å². The van der Waals surface area contributed by atoms with Crippen LogP contribution >= 0.6 is 0 Å². The Hall–Kier alpha value is -1.13. The Morgan fingerprint density at radius 3 is 2.42 bits per heavy atom. The molecule has 0 spiro atoms. The van der Waals surface area contributed by atoms with Crippen molar-refractivity contribution in [2.75, 3.05) is 39.1 Å². The van der Waals surface area contributed by atoms with Crippen LogP contribution in [0.4, 0.5) is 10.1 Å². The summed E-state index contributed by atoms with van der Waals surface area (Å²) in [4.78, 5) is 4.10. The highest BCUT2D eigenvalue weighted by molar-refractivity contribution is 5.48. The summed E-state index contributed by atoms with van der Waals surface area (Å²) >= 11 is 0. The fraction of sp³-hybridized carbons (Fsp3) is 0.600. The van der Waals surface area contributed by atoms with Crippen LogP contribution in [0.1, 0.15) is 18.9 Å². The molecule has 1 atom stereocenters. The van der Waals surface area contributed by atoms with Gasteiger partial charge in [-0.15, -0.1) is 0 Å². The molecular formula is C15H26FN3. The predicted molar refractivity (Wildman–Crippen MR) is 80.2 cm³/mol. The first-order valence-electron chi connectivity index (χ1n) is 6.80. The predicted octanol–water partition coefficient (Wildman–Crippen LogP) is 2.10. The van der Waals surface area contributed by atoms with Gasteiger partial charge in [0, 0.05) is 19.6 Å². The quantitative estimate of drug-likeness (QED) is 0.821. The average Bonchev–Trinajstić information content (AvgIpc) is 2.27. The summed E-state index contributed by atoms with van der Waals surface area (Å²) in [6.45, 7) is 3.79. The van der Waals surface area contributed by atoms with Crippen LogP contribution < -0.4 is 10.6 Å². The number of hydrogen-bond donors (Lipinski definition) is 1. The molecule has 1 aromatic rings. The van der Waals surface area contributed by atoms with Crippen molar-refractivity contribution < 1.29 is 4.39 Å². The maximum Gasteiger partial charge on any atom is 0.146 e. The summed E-state index contributed by atoms with van der Waals surface area (Å²) in [5.41, 5.74) is 7.34. The van der Waals surface area contributed by atoms with Crippen molar-refractivity contribution in [3.05, 3.63) is 29.6 Å². The molecule has 1 rings (SSSR count). The smallest absolute Gasteiger partial charge is 0.146 e. The van der Waals surface area contributed by atoms with E-state index in [9.17, 15) is 4.39 Å². The lowest BCUT2D eigenvalue weighted by atomic mass is 10.1. The van der Waals surface area contributed by atoms with Gasteiger partial charge in [-0.05, 0) is 58.1 Å². The summed E-state index contributed by atoms with van der Waals surface area (Å²) < 4.78 is 14.0. The van der Waals surface area contributed by atoms with Crippen molar-refractivity contribution in [3.63, 3.8) is 0 Å². The van der Waals surface area contributed by atoms with E-state index >= 15 is 0 Å². The number of halogens is 1. The van der Waals surface area contributed by atoms with E-state index in [0.717, 1.165) is 25.1 Å². The average molecular weight is 267 g/mol. The second-order valence-corrected chi connectivity index (χ2v) is 5.55. The highest BCUT2D eigenvalue weighted by atomic mass is 19.1. The van der Waals surface area contributed by atoms with Gasteiger partial charge in [0.05, 0.1) is 5.69 Å². The molecule has 1 unspecified atom stereocenters. The normalized spacial score (nSPS) is 12.8. The highest BCUT2D eigenvalue weighted by Crippen LogP contribution is 2.20. The fourth-order valence-electron chi connectivity index (χ4n) is 2.10. The lowest BCUT2D eigenvalue weighted by Crippen LogP contribution is -2.24. The van der Waals surface area contributed by atoms with Gasteiger partial charge in [-0.2, -0.15) is 0 Å². The van der Waals surface area contributed by atoms with E-state index in [0.29, 0.717) is 12.1 Å². The first-order chi connectivity index (χ1) is 8.90. The zero-order chi connectivity index (χ0) is 14.4. The van der Waals surface area contributed by atoms with Gasteiger partial charge in [-0.25, -0.2) is 4.39 Å². The first-order valence-corrected chi connectivity index (χ1v) is 6.80. The Balaban J connectivity index is 2.62. The maximum absolute atomic E-state index is 14.0. The Morgan fingerprint density at radius 2 is 1.89 bits per heavy atom. The van der Waals surface area contributed by atoms with Crippen molar-refractivity contribution in [3.8, 4) is 0 Å². The number of rotatable bonds is 7. The molecule has 0 aliphatic rings. The molecule has 19 heavy (non-hydrogen) atoms. The third kappa shape index (κ3) is 5.57. The Morgan fingerprint density at radius 1 is 1.21 bits per heavy atom. The number of hydrogen-bond acceptors (Lipinski definition) is 3. The Labute approximate surface area is 116 Å². The van der Waals surface area contributed by atoms with Gasteiger partial charge in [-0.3, -0.25) is 0 Å². The second kappa shape index (κ2) is 7.46. The molecule has 0 aliphatic heterocycles. The van der Waals surface area contributed by atoms with Gasteiger partial charge in [0.15, 0.2) is 0 Å². The third-order valence-corrected chi connectivity index (χ3v) is 3.08. The summed E-state index contributed by atoms with van der Waals surface area (Å²) in [6.07, 6.45) is 1.73. The van der Waals surface area contributed by atoms with Crippen LogP contribution in [0.25, 0.3) is 0 Å². The molecule has 0 radical (unpaired) electrons. The van der Waals surface area contributed by atoms with E-state index < -0.39 is 0 Å². The van der Waals surface area contributed by atoms with Crippen LogP contribution in [-0.2, 0) is 6.42 Å². The molecule has 0 saturated carbocycles. The molecule has 3 nitrogen and oxygen atoms in total. The largest absolute Gasteiger partial charge is 0.372 e. The van der Waals surface area contributed by atoms with Crippen LogP contribution in [0.15, 0.2) is 18.2 Å². The van der Waals surface area contributed by atoms with Gasteiger partial charge in [0.2, 0.25) is 0 Å². The number of benzene rings is 1. The molecule has 108 valence electrons. The second-order valence-electron chi connectivity index (χ2n) is 5.55. The minimum Gasteiger partial charge on any atom is -0.372 e. The minimum absolute atomic E-state index is 0.0584. The van der Waals surface area contributed by atoms with E-state index in [1.54, 1.807) is 6.07 Å². The summed E-state index contributed by atoms with van der Waals surface area (Å²) in [6, 6.07) is 5.47. The SMILES string of the molecule is CC(N)Cc1ccc(N(C)CCCN(C)C)c(F)c1. The van der Waals surface area contributed by atoms with E-state index in [1.165, 1.54) is 0 Å². The number of anilines is 1. The Kier molecular flexibility index (Phi) is 6.25. The zero-order valence-corrected chi connectivity index (χ0v) is 12.5. The minimum atomic E-state index is -0.162. The number of nitrogens with zero attached hydrogens (tertiary/aromatic N) is 2. The standard InChI is InChI=1S/C15H26FN3/c1-12(17)10-13-6-7-15(14(16)11-13)19(4)9-5-8-18(2)3/h6-7,11-12H,5,8-10,17H2,1-4H3. The third-order valence-electron chi connectivity index (χ3n) is 3.08. The van der Waals surface area contributed by atoms with E-state index in [1.807, 2.05) is 45.1 Å². The molecule has 2 N–H and O–H groups in total. The monoisotopic (exact) mass is 267 g/mol. The van der Waals surface area contributed by atoms with Gasteiger partial charge >= 0.3 is 0 Å². The van der Waals surface area contributed by atoms with Crippen LogP contribution in [0.5, 0.6) is 0 Å². The van der Waals surface area contributed by atoms with E-state index in [2.05, 4.69) is 4.90 Å². The zero-order valence-electron chi connectivity index (χ0n) is 12.5. The summed E-state index contributed by atoms with van der Waals surface area (Å²) in [5, 5.41) is 0. The van der Waals surface area contributed by atoms with Crippen molar-refractivity contribution in [2.24, 2.45) is 5.73 Å². The summed E-state index contributed by atoms with van der Waals surface area (Å²) in [5.74, 6) is -0.162. The highest BCUT2D eigenvalue weighted by Gasteiger charge is 2.09.